The van der Waals surface area contributed by atoms with Crippen LogP contribution in [-0.4, -0.2) is 0 Å². The Balaban J connectivity index is 3.24. The summed E-state index contributed by atoms with van der Waals surface area (Å²) in [5.41, 5.74) is 0. The van der Waals surface area contributed by atoms with E-state index in [9.17, 15) is 9.13 Å². The molecule has 0 fully saturated rings. The van der Waals surface area contributed by atoms with Crippen LogP contribution in [0.3, 0.4) is 0 Å². The van der Waals surface area contributed by atoms with E-state index < -0.39 is 15.8 Å². The van der Waals surface area contributed by atoms with E-state index in [1.54, 1.807) is 11.6 Å². The van der Waals surface area contributed by atoms with Crippen LogP contribution in [0, 0.1) is 11.6 Å². The Morgan fingerprint density at radius 2 is 1.44 bits per heavy atom. The number of hydrogen-bond acceptors (Lipinski definition) is 5. The van der Waals surface area contributed by atoms with Crippen LogP contribution in [0.1, 0.15) is 0 Å². The van der Waals surface area contributed by atoms with Crippen LogP contribution < -0.4 is 0 Å². The van der Waals surface area contributed by atoms with E-state index in [-0.39, 0.29) is 0 Å². The Kier molecular flexibility index (Phi) is 7.81. The standard InChI is InChI=1S/C2O5P2/c3-8-1-5-7-6-2-9-4. The molecule has 0 N–H and O–H groups in total. The summed E-state index contributed by atoms with van der Waals surface area (Å²) < 4.78 is 19.0. The van der Waals surface area contributed by atoms with Gasteiger partial charge in [-0.15, -0.1) is 0 Å². The van der Waals surface area contributed by atoms with Crippen LogP contribution in [0.2, 0.25) is 0 Å². The Morgan fingerprint density at radius 3 is 1.78 bits per heavy atom. The molecule has 0 amide bonds. The van der Waals surface area contributed by atoms with E-state index in [4.69, 9.17) is 0 Å². The van der Waals surface area contributed by atoms with Crippen molar-refractivity contribution in [1.82, 2.24) is 0 Å². The van der Waals surface area contributed by atoms with Gasteiger partial charge in [0.1, 0.15) is 0 Å². The van der Waals surface area contributed by atoms with Gasteiger partial charge in [0.25, 0.3) is 0 Å². The number of hydrogen-bond donors (Lipinski definition) is 0. The van der Waals surface area contributed by atoms with Crippen molar-refractivity contribution in [2.75, 3.05) is 0 Å². The monoisotopic (exact) mass is 166 g/mol. The summed E-state index contributed by atoms with van der Waals surface area (Å²) in [6.07, 6.45) is 0. The molecule has 0 heterocycles. The van der Waals surface area contributed by atoms with E-state index in [0.717, 1.165) is 0 Å². The first kappa shape index (κ1) is 8.90. The summed E-state index contributed by atoms with van der Waals surface area (Å²) in [6.45, 7) is 0. The van der Waals surface area contributed by atoms with Crippen LogP contribution in [0.25, 0.3) is 0 Å². The van der Waals surface area contributed by atoms with Crippen LogP contribution in [0.4, 0.5) is 0 Å². The molecule has 0 aromatic carbocycles. The molecule has 0 aliphatic heterocycles. The van der Waals surface area contributed by atoms with Crippen LogP contribution in [0.15, 0.2) is 0 Å². The van der Waals surface area contributed by atoms with Crippen molar-refractivity contribution in [1.29, 1.82) is 0 Å². The molecule has 0 aliphatic carbocycles. The van der Waals surface area contributed by atoms with E-state index in [0.29, 0.717) is 0 Å². The molecule has 0 aromatic rings. The third-order valence-corrected chi connectivity index (χ3v) is 0.515. The number of rotatable bonds is 2. The summed E-state index contributed by atoms with van der Waals surface area (Å²) in [4.78, 5) is 7.56. The first-order valence-corrected chi connectivity index (χ1v) is 3.18. The average Bonchev–Trinajstić information content (AvgIpc) is 1.89. The van der Waals surface area contributed by atoms with E-state index >= 15 is 0 Å². The minimum absolute atomic E-state index is 0.471. The topological polar surface area (TPSA) is 61.8 Å². The molecule has 0 atom stereocenters. The zero-order valence-corrected chi connectivity index (χ0v) is 5.72. The maximum absolute atomic E-state index is 9.48. The van der Waals surface area contributed by atoms with Crippen LogP contribution in [-0.2, 0) is 23.9 Å². The zero-order valence-electron chi connectivity index (χ0n) is 3.94. The van der Waals surface area contributed by atoms with Crippen molar-refractivity contribution in [2.24, 2.45) is 0 Å². The molecule has 0 aromatic heterocycles. The van der Waals surface area contributed by atoms with Crippen LogP contribution >= 0.6 is 15.8 Å². The Morgan fingerprint density at radius 1 is 1.00 bits per heavy atom. The summed E-state index contributed by atoms with van der Waals surface area (Å²) in [7, 11) is -0.941. The quantitative estimate of drug-likeness (QED) is 0.267. The third kappa shape index (κ3) is 7.90. The Labute approximate surface area is 52.4 Å². The van der Waals surface area contributed by atoms with Crippen molar-refractivity contribution in [2.45, 2.75) is 0 Å². The molecule has 0 unspecified atom stereocenters. The molecule has 0 rings (SSSR count). The van der Waals surface area contributed by atoms with Gasteiger partial charge < -0.3 is 0 Å². The summed E-state index contributed by atoms with van der Waals surface area (Å²) in [6, 6.07) is 0. The predicted octanol–water partition coefficient (Wildman–Crippen LogP) is 1.28. The zero-order chi connectivity index (χ0) is 6.95. The fraction of sp³-hybridized carbons (Fsp3) is 0. The maximum atomic E-state index is 9.48. The van der Waals surface area contributed by atoms with E-state index in [2.05, 4.69) is 14.8 Å². The Hall–Kier alpha value is -0.100. The van der Waals surface area contributed by atoms with Gasteiger partial charge in [-0.1, -0.05) is 0 Å². The van der Waals surface area contributed by atoms with Crippen LogP contribution in [0.5, 0.6) is 0 Å². The van der Waals surface area contributed by atoms with Crippen molar-refractivity contribution >= 4 is 15.8 Å². The first-order valence-electron chi connectivity index (χ1n) is 1.55. The van der Waals surface area contributed by atoms with Crippen molar-refractivity contribution < 1.29 is 23.9 Å². The van der Waals surface area contributed by atoms with Crippen molar-refractivity contribution in [3.8, 4) is 11.6 Å². The summed E-state index contributed by atoms with van der Waals surface area (Å²) in [5, 5.41) is 3.68. The average molecular weight is 166 g/mol. The second-order valence-electron chi connectivity index (χ2n) is 0.600. The molecule has 0 radical (unpaired) electrons. The van der Waals surface area contributed by atoms with Gasteiger partial charge in [-0.25, -0.2) is 0 Å². The van der Waals surface area contributed by atoms with E-state index in [1.165, 1.54) is 0 Å². The Bertz CT molecular complexity index is 217. The van der Waals surface area contributed by atoms with Gasteiger partial charge in [-0.2, -0.15) is 0 Å². The van der Waals surface area contributed by atoms with Crippen molar-refractivity contribution in [3.05, 3.63) is 0 Å². The molecule has 5 nitrogen and oxygen atoms in total. The molecule has 48 valence electrons. The molecule has 0 spiro atoms. The molecule has 0 aliphatic rings. The van der Waals surface area contributed by atoms with Gasteiger partial charge in [0.15, 0.2) is 0 Å². The molecular weight excluding hydrogens is 166 g/mol. The van der Waals surface area contributed by atoms with Gasteiger partial charge in [0.05, 0.1) is 0 Å². The molecule has 0 bridgehead atoms. The summed E-state index contributed by atoms with van der Waals surface area (Å²) in [5.74, 6) is 3.46. The fourth-order valence-corrected chi connectivity index (χ4v) is 0.200. The summed E-state index contributed by atoms with van der Waals surface area (Å²) >= 11 is 0. The molecule has 9 heavy (non-hydrogen) atoms. The normalized spacial score (nSPS) is 7.11. The molecule has 7 heteroatoms. The fourth-order valence-electron chi connectivity index (χ4n) is 0.0779. The van der Waals surface area contributed by atoms with Gasteiger partial charge in [-0.05, 0) is 0 Å². The van der Waals surface area contributed by atoms with Gasteiger partial charge in [0, 0.05) is 0 Å². The first-order chi connectivity index (χ1) is 4.41. The van der Waals surface area contributed by atoms with Gasteiger partial charge in [0.2, 0.25) is 0 Å². The van der Waals surface area contributed by atoms with Crippen molar-refractivity contribution in [3.63, 3.8) is 0 Å². The third-order valence-electron chi connectivity index (χ3n) is 0.217. The molecule has 0 saturated carbocycles. The second-order valence-corrected chi connectivity index (χ2v) is 1.33. The molecule has 0 saturated heterocycles. The van der Waals surface area contributed by atoms with Gasteiger partial charge in [-0.3, -0.25) is 0 Å². The van der Waals surface area contributed by atoms with Gasteiger partial charge >= 0.3 is 51.4 Å². The predicted molar refractivity (Wildman–Crippen MR) is 26.2 cm³/mol. The molecular formula is C2O5P2. The SMILES string of the molecule is O=P#COOOC#P=O. The minimum atomic E-state index is -0.471. The van der Waals surface area contributed by atoms with E-state index in [1.807, 2.05) is 0 Å². The second kappa shape index (κ2) is 7.90.